The van der Waals surface area contributed by atoms with Crippen LogP contribution in [0.25, 0.3) is 11.8 Å². The van der Waals surface area contributed by atoms with E-state index in [4.69, 9.17) is 11.6 Å². The van der Waals surface area contributed by atoms with Crippen LogP contribution in [0.2, 0.25) is 5.02 Å². The Morgan fingerprint density at radius 2 is 1.73 bits per heavy atom. The summed E-state index contributed by atoms with van der Waals surface area (Å²) < 4.78 is 1.75. The summed E-state index contributed by atoms with van der Waals surface area (Å²) in [6, 6.07) is 14.0. The maximum Gasteiger partial charge on any atom is 0.335 e. The van der Waals surface area contributed by atoms with Crippen LogP contribution >= 0.6 is 11.6 Å². The number of amides is 4. The number of anilines is 1. The molecule has 4 rings (SSSR count). The Morgan fingerprint density at radius 1 is 1.00 bits per heavy atom. The fourth-order valence-electron chi connectivity index (χ4n) is 3.22. The number of imide groups is 2. The molecule has 1 fully saturated rings. The molecule has 0 saturated carbocycles. The minimum absolute atomic E-state index is 0.124. The van der Waals surface area contributed by atoms with E-state index in [0.717, 1.165) is 10.6 Å². The summed E-state index contributed by atoms with van der Waals surface area (Å²) in [5.41, 5.74) is 1.94. The number of urea groups is 1. The molecule has 1 aliphatic rings. The average molecular weight is 422 g/mol. The number of aromatic nitrogens is 1. The predicted molar refractivity (Wildman–Crippen MR) is 113 cm³/mol. The average Bonchev–Trinajstić information content (AvgIpc) is 3.17. The Bertz CT molecular complexity index is 1210. The molecule has 30 heavy (non-hydrogen) atoms. The first-order valence-electron chi connectivity index (χ1n) is 9.00. The number of benzene rings is 2. The minimum Gasteiger partial charge on any atom is -0.508 e. The summed E-state index contributed by atoms with van der Waals surface area (Å²) >= 11 is 6.14. The number of phenolic OH excluding ortho intramolecular Hbond substituents is 1. The molecule has 2 N–H and O–H groups in total. The zero-order valence-electron chi connectivity index (χ0n) is 15.8. The van der Waals surface area contributed by atoms with Gasteiger partial charge in [-0.05, 0) is 67.1 Å². The molecule has 3 aromatic rings. The van der Waals surface area contributed by atoms with E-state index in [1.54, 1.807) is 60.2 Å². The molecule has 150 valence electrons. The lowest BCUT2D eigenvalue weighted by Crippen LogP contribution is -2.54. The number of carbonyl (C=O) groups is 3. The van der Waals surface area contributed by atoms with Gasteiger partial charge in [-0.3, -0.25) is 14.9 Å². The van der Waals surface area contributed by atoms with Crippen LogP contribution in [0.15, 0.2) is 66.4 Å². The third-order valence-corrected chi connectivity index (χ3v) is 5.19. The molecule has 1 aliphatic heterocycles. The highest BCUT2D eigenvalue weighted by atomic mass is 35.5. The molecule has 0 bridgehead atoms. The molecule has 2 heterocycles. The smallest absolute Gasteiger partial charge is 0.335 e. The molecule has 0 unspecified atom stereocenters. The van der Waals surface area contributed by atoms with Crippen molar-refractivity contribution in [2.24, 2.45) is 0 Å². The van der Waals surface area contributed by atoms with Crippen LogP contribution in [-0.2, 0) is 9.59 Å². The van der Waals surface area contributed by atoms with Gasteiger partial charge in [-0.25, -0.2) is 9.69 Å². The van der Waals surface area contributed by atoms with Gasteiger partial charge in [0.15, 0.2) is 0 Å². The van der Waals surface area contributed by atoms with Gasteiger partial charge in [0.1, 0.15) is 11.3 Å². The second-order valence-corrected chi connectivity index (χ2v) is 7.07. The number of nitrogens with one attached hydrogen (secondary N) is 1. The van der Waals surface area contributed by atoms with Crippen LogP contribution < -0.4 is 10.2 Å². The molecular weight excluding hydrogens is 406 g/mol. The lowest BCUT2D eigenvalue weighted by Gasteiger charge is -2.27. The third-order valence-electron chi connectivity index (χ3n) is 4.78. The van der Waals surface area contributed by atoms with Crippen molar-refractivity contribution in [2.75, 3.05) is 4.90 Å². The van der Waals surface area contributed by atoms with Crippen LogP contribution in [0.1, 0.15) is 11.3 Å². The topological polar surface area (TPSA) is 91.6 Å². The summed E-state index contributed by atoms with van der Waals surface area (Å²) in [4.78, 5) is 38.9. The first kappa shape index (κ1) is 19.5. The molecular formula is C22H16ClN3O4. The van der Waals surface area contributed by atoms with E-state index in [2.05, 4.69) is 5.32 Å². The van der Waals surface area contributed by atoms with Crippen molar-refractivity contribution in [1.29, 1.82) is 0 Å². The van der Waals surface area contributed by atoms with E-state index in [1.807, 2.05) is 0 Å². The first-order chi connectivity index (χ1) is 14.4. The Labute approximate surface area is 176 Å². The quantitative estimate of drug-likeness (QED) is 0.497. The molecule has 0 spiro atoms. The molecule has 8 heteroatoms. The zero-order valence-corrected chi connectivity index (χ0v) is 16.6. The number of hydrogen-bond acceptors (Lipinski definition) is 4. The standard InChI is InChI=1S/C22H16ClN3O4/c1-13-18(23)5-2-6-19(13)26-21(29)17(20(28)24-22(26)30)12-15-4-3-11-25(15)14-7-9-16(27)10-8-14/h2-12,27H,1H3,(H,24,28,30)/b17-12+. The van der Waals surface area contributed by atoms with Crippen molar-refractivity contribution >= 4 is 41.2 Å². The highest BCUT2D eigenvalue weighted by Crippen LogP contribution is 2.29. The molecule has 7 nitrogen and oxygen atoms in total. The molecule has 2 aromatic carbocycles. The number of nitrogens with zero attached hydrogens (tertiary/aromatic N) is 2. The van der Waals surface area contributed by atoms with Gasteiger partial charge in [0.25, 0.3) is 11.8 Å². The SMILES string of the molecule is Cc1c(Cl)cccc1N1C(=O)NC(=O)/C(=C\c2cccn2-c2ccc(O)cc2)C1=O. The Morgan fingerprint density at radius 3 is 2.47 bits per heavy atom. The van der Waals surface area contributed by atoms with Gasteiger partial charge < -0.3 is 9.67 Å². The number of aromatic hydroxyl groups is 1. The number of phenols is 1. The van der Waals surface area contributed by atoms with Crippen molar-refractivity contribution < 1.29 is 19.5 Å². The summed E-state index contributed by atoms with van der Waals surface area (Å²) in [5, 5.41) is 12.1. The van der Waals surface area contributed by atoms with Crippen LogP contribution in [0.3, 0.4) is 0 Å². The van der Waals surface area contributed by atoms with Crippen molar-refractivity contribution in [3.8, 4) is 11.4 Å². The lowest BCUT2D eigenvalue weighted by molar-refractivity contribution is -0.122. The molecule has 0 atom stereocenters. The molecule has 1 aromatic heterocycles. The van der Waals surface area contributed by atoms with Gasteiger partial charge in [0, 0.05) is 22.6 Å². The van der Waals surface area contributed by atoms with Crippen LogP contribution in [0.4, 0.5) is 10.5 Å². The monoisotopic (exact) mass is 421 g/mol. The summed E-state index contributed by atoms with van der Waals surface area (Å²) in [5.74, 6) is -1.40. The number of hydrogen-bond donors (Lipinski definition) is 2. The zero-order chi connectivity index (χ0) is 21.4. The Balaban J connectivity index is 1.77. The Kier molecular flexibility index (Phi) is 4.89. The number of barbiturate groups is 1. The maximum absolute atomic E-state index is 13.1. The van der Waals surface area contributed by atoms with Gasteiger partial charge in [0.2, 0.25) is 0 Å². The Hall–Kier alpha value is -3.84. The predicted octanol–water partition coefficient (Wildman–Crippen LogP) is 3.81. The van der Waals surface area contributed by atoms with E-state index >= 15 is 0 Å². The third kappa shape index (κ3) is 3.35. The van der Waals surface area contributed by atoms with Crippen molar-refractivity contribution in [1.82, 2.24) is 9.88 Å². The van der Waals surface area contributed by atoms with Gasteiger partial charge >= 0.3 is 6.03 Å². The van der Waals surface area contributed by atoms with Gasteiger partial charge in [-0.2, -0.15) is 0 Å². The highest BCUT2D eigenvalue weighted by Gasteiger charge is 2.37. The molecule has 1 saturated heterocycles. The fraction of sp³-hybridized carbons (Fsp3) is 0.0455. The van der Waals surface area contributed by atoms with E-state index in [1.165, 1.54) is 18.2 Å². The van der Waals surface area contributed by atoms with Gasteiger partial charge in [-0.1, -0.05) is 17.7 Å². The normalized spacial score (nSPS) is 15.6. The lowest BCUT2D eigenvalue weighted by atomic mass is 10.1. The van der Waals surface area contributed by atoms with E-state index < -0.39 is 17.8 Å². The van der Waals surface area contributed by atoms with E-state index in [-0.39, 0.29) is 11.3 Å². The first-order valence-corrected chi connectivity index (χ1v) is 9.38. The minimum atomic E-state index is -0.832. The van der Waals surface area contributed by atoms with Crippen molar-refractivity contribution in [3.05, 3.63) is 82.6 Å². The van der Waals surface area contributed by atoms with Crippen molar-refractivity contribution in [3.63, 3.8) is 0 Å². The van der Waals surface area contributed by atoms with E-state index in [0.29, 0.717) is 22.0 Å². The number of halogens is 1. The van der Waals surface area contributed by atoms with Gasteiger partial charge in [0.05, 0.1) is 5.69 Å². The maximum atomic E-state index is 13.1. The van der Waals surface area contributed by atoms with Crippen LogP contribution in [-0.4, -0.2) is 27.5 Å². The summed E-state index contributed by atoms with van der Waals surface area (Å²) in [6.07, 6.45) is 3.18. The number of carbonyl (C=O) groups excluding carboxylic acids is 3. The van der Waals surface area contributed by atoms with Crippen LogP contribution in [0.5, 0.6) is 5.75 Å². The van der Waals surface area contributed by atoms with Crippen molar-refractivity contribution in [2.45, 2.75) is 6.92 Å². The van der Waals surface area contributed by atoms with Crippen LogP contribution in [0, 0.1) is 6.92 Å². The highest BCUT2D eigenvalue weighted by molar-refractivity contribution is 6.39. The van der Waals surface area contributed by atoms with Gasteiger partial charge in [-0.15, -0.1) is 0 Å². The molecule has 0 radical (unpaired) electrons. The summed E-state index contributed by atoms with van der Waals surface area (Å²) in [7, 11) is 0. The second kappa shape index (κ2) is 7.53. The fourth-order valence-corrected chi connectivity index (χ4v) is 3.39. The second-order valence-electron chi connectivity index (χ2n) is 6.66. The largest absolute Gasteiger partial charge is 0.508 e. The number of rotatable bonds is 3. The summed E-state index contributed by atoms with van der Waals surface area (Å²) in [6.45, 7) is 1.69. The molecule has 0 aliphatic carbocycles. The molecule has 4 amide bonds. The van der Waals surface area contributed by atoms with E-state index in [9.17, 15) is 19.5 Å².